The van der Waals surface area contributed by atoms with Crippen molar-refractivity contribution in [2.75, 3.05) is 24.5 Å². The normalized spacial score (nSPS) is 18.2. The van der Waals surface area contributed by atoms with Crippen LogP contribution >= 0.6 is 0 Å². The minimum absolute atomic E-state index is 0.0185. The average Bonchev–Trinajstić information content (AvgIpc) is 3.53. The minimum atomic E-state index is -2.98. The molecule has 10 heteroatoms. The lowest BCUT2D eigenvalue weighted by atomic mass is 10.1. The molecule has 0 spiro atoms. The van der Waals surface area contributed by atoms with E-state index in [0.717, 1.165) is 44.1 Å². The molecule has 3 aromatic rings. The Hall–Kier alpha value is -3.40. The van der Waals surface area contributed by atoms with E-state index in [0.29, 0.717) is 28.6 Å². The molecule has 1 unspecified atom stereocenters. The van der Waals surface area contributed by atoms with Crippen molar-refractivity contribution >= 4 is 5.82 Å². The fraction of sp³-hybridized carbons (Fsp3) is 0.391. The Balaban J connectivity index is 1.27. The molecule has 1 aliphatic carbocycles. The zero-order chi connectivity index (χ0) is 22.8. The number of aromatic hydroxyl groups is 1. The summed E-state index contributed by atoms with van der Waals surface area (Å²) in [6.45, 7) is -0.0207. The minimum Gasteiger partial charge on any atom is -0.507 e. The van der Waals surface area contributed by atoms with Gasteiger partial charge in [0, 0.05) is 36.3 Å². The predicted molar refractivity (Wildman–Crippen MR) is 118 cm³/mol. The Kier molecular flexibility index (Phi) is 5.99. The maximum Gasteiger partial charge on any atom is 0.388 e. The summed E-state index contributed by atoms with van der Waals surface area (Å²) in [6, 6.07) is 10.4. The van der Waals surface area contributed by atoms with Gasteiger partial charge >= 0.3 is 6.61 Å². The van der Waals surface area contributed by atoms with Gasteiger partial charge in [0.2, 0.25) is 5.88 Å². The van der Waals surface area contributed by atoms with Crippen LogP contribution in [0, 0.1) is 5.92 Å². The Labute approximate surface area is 189 Å². The van der Waals surface area contributed by atoms with Crippen LogP contribution < -0.4 is 15.0 Å². The van der Waals surface area contributed by atoms with Crippen LogP contribution in [0.25, 0.3) is 22.5 Å². The molecule has 1 saturated heterocycles. The van der Waals surface area contributed by atoms with E-state index in [1.165, 1.54) is 25.0 Å². The van der Waals surface area contributed by atoms with Crippen LogP contribution in [0.3, 0.4) is 0 Å². The Morgan fingerprint density at radius 3 is 2.67 bits per heavy atom. The van der Waals surface area contributed by atoms with Crippen LogP contribution in [0.2, 0.25) is 0 Å². The summed E-state index contributed by atoms with van der Waals surface area (Å²) in [4.78, 5) is 9.94. The van der Waals surface area contributed by atoms with Crippen molar-refractivity contribution < 1.29 is 18.6 Å². The lowest BCUT2D eigenvalue weighted by Crippen LogP contribution is -2.34. The van der Waals surface area contributed by atoms with E-state index in [1.54, 1.807) is 12.1 Å². The van der Waals surface area contributed by atoms with Crippen LogP contribution in [0.15, 0.2) is 42.7 Å². The van der Waals surface area contributed by atoms with Crippen LogP contribution in [0.1, 0.15) is 19.3 Å². The summed E-state index contributed by atoms with van der Waals surface area (Å²) in [5.41, 5.74) is 1.93. The number of alkyl halides is 2. The topological polar surface area (TPSA) is 96.3 Å². The van der Waals surface area contributed by atoms with Gasteiger partial charge < -0.3 is 20.1 Å². The molecule has 1 saturated carbocycles. The maximum atomic E-state index is 12.4. The third-order valence-corrected chi connectivity index (χ3v) is 5.98. The second kappa shape index (κ2) is 9.22. The number of halogens is 2. The summed E-state index contributed by atoms with van der Waals surface area (Å²) >= 11 is 0. The van der Waals surface area contributed by atoms with Gasteiger partial charge in [-0.15, -0.1) is 10.2 Å². The van der Waals surface area contributed by atoms with Crippen molar-refractivity contribution in [1.29, 1.82) is 0 Å². The highest BCUT2D eigenvalue weighted by Gasteiger charge is 2.27. The Morgan fingerprint density at radius 2 is 1.94 bits per heavy atom. The van der Waals surface area contributed by atoms with Crippen molar-refractivity contribution in [1.82, 2.24) is 25.5 Å². The molecule has 2 aliphatic rings. The van der Waals surface area contributed by atoms with Gasteiger partial charge in [0.25, 0.3) is 0 Å². The number of phenolic OH excluding ortho intramolecular Hbond substituents is 1. The SMILES string of the molecule is Oc1cc(-c2cc(OC(F)F)ncn2)ccc1-c1ccc(N2CCC(NCC3CC3)C2)nn1. The molecule has 33 heavy (non-hydrogen) atoms. The number of nitrogens with zero attached hydrogens (tertiary/aromatic N) is 5. The van der Waals surface area contributed by atoms with Gasteiger partial charge in [-0.1, -0.05) is 6.07 Å². The van der Waals surface area contributed by atoms with E-state index in [4.69, 9.17) is 0 Å². The van der Waals surface area contributed by atoms with Crippen molar-refractivity contribution in [2.45, 2.75) is 31.9 Å². The second-order valence-electron chi connectivity index (χ2n) is 8.41. The molecule has 1 atom stereocenters. The number of hydrogen-bond acceptors (Lipinski definition) is 8. The number of hydrogen-bond donors (Lipinski definition) is 2. The Morgan fingerprint density at radius 1 is 1.06 bits per heavy atom. The molecular weight excluding hydrogens is 430 g/mol. The number of anilines is 1. The molecule has 2 N–H and O–H groups in total. The van der Waals surface area contributed by atoms with E-state index >= 15 is 0 Å². The zero-order valence-corrected chi connectivity index (χ0v) is 17.9. The van der Waals surface area contributed by atoms with Crippen molar-refractivity contribution in [3.63, 3.8) is 0 Å². The molecule has 3 heterocycles. The molecular formula is C23H24F2N6O2. The number of aromatic nitrogens is 4. The highest BCUT2D eigenvalue weighted by atomic mass is 19.3. The zero-order valence-electron chi connectivity index (χ0n) is 17.9. The number of rotatable bonds is 8. The van der Waals surface area contributed by atoms with Crippen LogP contribution in [0.4, 0.5) is 14.6 Å². The van der Waals surface area contributed by atoms with Crippen molar-refractivity contribution in [3.05, 3.63) is 42.7 Å². The summed E-state index contributed by atoms with van der Waals surface area (Å²) in [5.74, 6) is 1.42. The van der Waals surface area contributed by atoms with Gasteiger partial charge in [0.05, 0.1) is 11.4 Å². The number of benzene rings is 1. The number of phenols is 1. The summed E-state index contributed by atoms with van der Waals surface area (Å²) in [6.07, 6.45) is 4.91. The fourth-order valence-electron chi connectivity index (χ4n) is 3.99. The first-order chi connectivity index (χ1) is 16.0. The van der Waals surface area contributed by atoms with Crippen LogP contribution in [-0.4, -0.2) is 57.6 Å². The molecule has 5 rings (SSSR count). The van der Waals surface area contributed by atoms with E-state index in [2.05, 4.69) is 35.1 Å². The van der Waals surface area contributed by atoms with Crippen molar-refractivity contribution in [3.8, 4) is 34.1 Å². The molecule has 172 valence electrons. The van der Waals surface area contributed by atoms with Gasteiger partial charge in [-0.2, -0.15) is 8.78 Å². The van der Waals surface area contributed by atoms with Gasteiger partial charge in [-0.25, -0.2) is 9.97 Å². The quantitative estimate of drug-likeness (QED) is 0.534. The lowest BCUT2D eigenvalue weighted by molar-refractivity contribution is -0.0528. The molecule has 2 fully saturated rings. The highest BCUT2D eigenvalue weighted by molar-refractivity contribution is 5.73. The standard InChI is InChI=1S/C23H24F2N6O2/c24-23(25)33-22-10-19(27-13-28-22)15-3-4-17(20(32)9-15)18-5-6-21(30-29-18)31-8-7-16(12-31)26-11-14-1-2-14/h3-6,9-10,13-14,16,23,26,32H,1-2,7-8,11-12H2. The fourth-order valence-corrected chi connectivity index (χ4v) is 3.99. The van der Waals surface area contributed by atoms with Crippen molar-refractivity contribution in [2.24, 2.45) is 5.92 Å². The first-order valence-corrected chi connectivity index (χ1v) is 11.0. The molecule has 0 radical (unpaired) electrons. The lowest BCUT2D eigenvalue weighted by Gasteiger charge is -2.17. The van der Waals surface area contributed by atoms with Gasteiger partial charge in [0.15, 0.2) is 5.82 Å². The molecule has 8 nitrogen and oxygen atoms in total. The second-order valence-corrected chi connectivity index (χ2v) is 8.41. The van der Waals surface area contributed by atoms with Gasteiger partial charge in [0.1, 0.15) is 12.1 Å². The summed E-state index contributed by atoms with van der Waals surface area (Å²) < 4.78 is 29.2. The Bertz CT molecular complexity index is 1110. The van der Waals surface area contributed by atoms with Crippen LogP contribution in [-0.2, 0) is 0 Å². The molecule has 0 amide bonds. The maximum absolute atomic E-state index is 12.4. The first kappa shape index (κ1) is 21.4. The third-order valence-electron chi connectivity index (χ3n) is 5.98. The highest BCUT2D eigenvalue weighted by Crippen LogP contribution is 2.33. The average molecular weight is 454 g/mol. The molecule has 2 aromatic heterocycles. The van der Waals surface area contributed by atoms with E-state index in [1.807, 2.05) is 12.1 Å². The van der Waals surface area contributed by atoms with Crippen LogP contribution in [0.5, 0.6) is 11.6 Å². The largest absolute Gasteiger partial charge is 0.507 e. The summed E-state index contributed by atoms with van der Waals surface area (Å²) in [5, 5.41) is 22.9. The van der Waals surface area contributed by atoms with Gasteiger partial charge in [-0.05, 0) is 56.0 Å². The van der Waals surface area contributed by atoms with E-state index in [9.17, 15) is 13.9 Å². The first-order valence-electron chi connectivity index (χ1n) is 11.0. The predicted octanol–water partition coefficient (Wildman–Crippen LogP) is 3.49. The molecule has 0 bridgehead atoms. The smallest absolute Gasteiger partial charge is 0.388 e. The third kappa shape index (κ3) is 5.16. The molecule has 1 aliphatic heterocycles. The van der Waals surface area contributed by atoms with E-state index in [-0.39, 0.29) is 11.6 Å². The molecule has 1 aromatic carbocycles. The number of nitrogens with one attached hydrogen (secondary N) is 1. The monoisotopic (exact) mass is 454 g/mol. The summed E-state index contributed by atoms with van der Waals surface area (Å²) in [7, 11) is 0. The number of ether oxygens (including phenoxy) is 1. The van der Waals surface area contributed by atoms with E-state index < -0.39 is 6.61 Å². The van der Waals surface area contributed by atoms with Gasteiger partial charge in [-0.3, -0.25) is 0 Å².